The molecule has 2 aromatic carbocycles. The number of hydrogen-bond acceptors (Lipinski definition) is 3. The molecule has 23 heavy (non-hydrogen) atoms. The molecule has 0 radical (unpaired) electrons. The predicted octanol–water partition coefficient (Wildman–Crippen LogP) is 3.27. The van der Waals surface area contributed by atoms with Crippen LogP contribution >= 0.6 is 0 Å². The Balaban J connectivity index is 2.01. The summed E-state index contributed by atoms with van der Waals surface area (Å²) in [6, 6.07) is 13.7. The third-order valence-electron chi connectivity index (χ3n) is 3.16. The van der Waals surface area contributed by atoms with Crippen LogP contribution in [-0.2, 0) is 16.1 Å². The molecule has 0 saturated carbocycles. The van der Waals surface area contributed by atoms with Gasteiger partial charge in [0.1, 0.15) is 12.4 Å². The van der Waals surface area contributed by atoms with Crippen molar-refractivity contribution < 1.29 is 23.8 Å². The fourth-order valence-corrected chi connectivity index (χ4v) is 2.08. The number of nitrogens with one attached hydrogen (secondary N) is 1. The van der Waals surface area contributed by atoms with E-state index in [1.165, 1.54) is 18.2 Å². The Hall–Kier alpha value is -2.89. The Morgan fingerprint density at radius 1 is 1.09 bits per heavy atom. The number of carboxylic acid groups (broad SMARTS) is 1. The number of halogens is 1. The summed E-state index contributed by atoms with van der Waals surface area (Å²) in [5, 5.41) is 11.3. The minimum atomic E-state index is -1.15. The number of hydrogen-bond donors (Lipinski definition) is 2. The van der Waals surface area contributed by atoms with Gasteiger partial charge in [0.25, 0.3) is 0 Å². The number of benzene rings is 2. The lowest BCUT2D eigenvalue weighted by Gasteiger charge is -2.18. The van der Waals surface area contributed by atoms with E-state index in [2.05, 4.69) is 5.32 Å². The summed E-state index contributed by atoms with van der Waals surface area (Å²) in [4.78, 5) is 22.8. The Morgan fingerprint density at radius 2 is 1.74 bits per heavy atom. The molecule has 2 N–H and O–H groups in total. The van der Waals surface area contributed by atoms with Gasteiger partial charge in [-0.15, -0.1) is 0 Å². The van der Waals surface area contributed by atoms with Gasteiger partial charge in [-0.2, -0.15) is 0 Å². The van der Waals surface area contributed by atoms with Crippen LogP contribution in [0.2, 0.25) is 0 Å². The quantitative estimate of drug-likeness (QED) is 0.857. The molecule has 6 heteroatoms. The van der Waals surface area contributed by atoms with Crippen molar-refractivity contribution in [3.05, 3.63) is 71.5 Å². The van der Waals surface area contributed by atoms with Crippen LogP contribution in [0.1, 0.15) is 23.6 Å². The Labute approximate surface area is 132 Å². The summed E-state index contributed by atoms with van der Waals surface area (Å²) in [5.41, 5.74) is 0.898. The molecule has 1 atom stereocenters. The average Bonchev–Trinajstić information content (AvgIpc) is 2.53. The third-order valence-corrected chi connectivity index (χ3v) is 3.16. The number of carboxylic acids is 1. The van der Waals surface area contributed by atoms with E-state index in [4.69, 9.17) is 9.84 Å². The first-order chi connectivity index (χ1) is 11.1. The third kappa shape index (κ3) is 5.10. The molecule has 0 fully saturated rings. The number of rotatable bonds is 6. The normalized spacial score (nSPS) is 11.5. The molecule has 2 rings (SSSR count). The van der Waals surface area contributed by atoms with E-state index in [9.17, 15) is 14.0 Å². The van der Waals surface area contributed by atoms with Crippen LogP contribution in [0, 0.1) is 5.82 Å². The molecule has 5 nitrogen and oxygen atoms in total. The molecule has 0 spiro atoms. The van der Waals surface area contributed by atoms with Crippen LogP contribution in [0.25, 0.3) is 0 Å². The first-order valence-corrected chi connectivity index (χ1v) is 6.99. The van der Waals surface area contributed by atoms with Gasteiger partial charge in [0, 0.05) is 5.56 Å². The highest BCUT2D eigenvalue weighted by molar-refractivity contribution is 5.72. The maximum atomic E-state index is 13.8. The summed E-state index contributed by atoms with van der Waals surface area (Å²) in [6.07, 6.45) is -1.25. The predicted molar refractivity (Wildman–Crippen MR) is 81.2 cm³/mol. The SMILES string of the molecule is O=C(O)C[C@@H](NC(=O)OCc1ccccc1)c1ccccc1F. The van der Waals surface area contributed by atoms with Gasteiger partial charge in [-0.05, 0) is 11.6 Å². The van der Waals surface area contributed by atoms with E-state index < -0.39 is 30.3 Å². The Morgan fingerprint density at radius 3 is 2.39 bits per heavy atom. The van der Waals surface area contributed by atoms with Crippen molar-refractivity contribution in [2.45, 2.75) is 19.1 Å². The summed E-state index contributed by atoms with van der Waals surface area (Å²) in [5.74, 6) is -1.73. The molecular formula is C17H16FNO4. The van der Waals surface area contributed by atoms with E-state index >= 15 is 0 Å². The van der Waals surface area contributed by atoms with Crippen molar-refractivity contribution in [2.24, 2.45) is 0 Å². The molecule has 0 saturated heterocycles. The van der Waals surface area contributed by atoms with E-state index in [0.717, 1.165) is 5.56 Å². The molecule has 0 bridgehead atoms. The molecular weight excluding hydrogens is 301 g/mol. The second kappa shape index (κ2) is 7.93. The van der Waals surface area contributed by atoms with Crippen molar-refractivity contribution in [1.82, 2.24) is 5.32 Å². The summed E-state index contributed by atoms with van der Waals surface area (Å²) in [6.45, 7) is 0.0454. The fraction of sp³-hybridized carbons (Fsp3) is 0.176. The van der Waals surface area contributed by atoms with E-state index in [-0.39, 0.29) is 12.2 Å². The van der Waals surface area contributed by atoms with Gasteiger partial charge in [0.15, 0.2) is 0 Å². The largest absolute Gasteiger partial charge is 0.481 e. The fourth-order valence-electron chi connectivity index (χ4n) is 2.08. The lowest BCUT2D eigenvalue weighted by Crippen LogP contribution is -2.31. The van der Waals surface area contributed by atoms with Crippen LogP contribution < -0.4 is 5.32 Å². The van der Waals surface area contributed by atoms with Gasteiger partial charge in [-0.1, -0.05) is 48.5 Å². The lowest BCUT2D eigenvalue weighted by molar-refractivity contribution is -0.137. The molecule has 0 aromatic heterocycles. The number of aliphatic carboxylic acids is 1. The molecule has 2 aromatic rings. The molecule has 0 aliphatic carbocycles. The smallest absolute Gasteiger partial charge is 0.407 e. The first-order valence-electron chi connectivity index (χ1n) is 6.99. The van der Waals surface area contributed by atoms with Crippen LogP contribution in [0.5, 0.6) is 0 Å². The number of ether oxygens (including phenoxy) is 1. The lowest BCUT2D eigenvalue weighted by atomic mass is 10.0. The van der Waals surface area contributed by atoms with Gasteiger partial charge in [-0.25, -0.2) is 9.18 Å². The van der Waals surface area contributed by atoms with E-state index in [0.29, 0.717) is 0 Å². The summed E-state index contributed by atoms with van der Waals surface area (Å²) in [7, 11) is 0. The minimum absolute atomic E-state index is 0.0454. The summed E-state index contributed by atoms with van der Waals surface area (Å²) >= 11 is 0. The topological polar surface area (TPSA) is 75.6 Å². The zero-order valence-electron chi connectivity index (χ0n) is 12.2. The molecule has 0 unspecified atom stereocenters. The highest BCUT2D eigenvalue weighted by Gasteiger charge is 2.21. The van der Waals surface area contributed by atoms with Crippen molar-refractivity contribution in [3.63, 3.8) is 0 Å². The zero-order chi connectivity index (χ0) is 16.7. The Bertz CT molecular complexity index is 675. The van der Waals surface area contributed by atoms with Crippen molar-refractivity contribution in [3.8, 4) is 0 Å². The monoisotopic (exact) mass is 317 g/mol. The second-order valence-electron chi connectivity index (χ2n) is 4.88. The maximum Gasteiger partial charge on any atom is 0.407 e. The van der Waals surface area contributed by atoms with Gasteiger partial charge >= 0.3 is 12.1 Å². The first kappa shape index (κ1) is 16.5. The molecule has 120 valence electrons. The van der Waals surface area contributed by atoms with Gasteiger partial charge < -0.3 is 15.2 Å². The summed E-state index contributed by atoms with van der Waals surface area (Å²) < 4.78 is 18.8. The molecule has 0 heterocycles. The molecule has 1 amide bonds. The van der Waals surface area contributed by atoms with Gasteiger partial charge in [-0.3, -0.25) is 4.79 Å². The average molecular weight is 317 g/mol. The number of amides is 1. The van der Waals surface area contributed by atoms with E-state index in [1.807, 2.05) is 18.2 Å². The number of carbonyl (C=O) groups excluding carboxylic acids is 1. The van der Waals surface area contributed by atoms with Crippen LogP contribution in [0.15, 0.2) is 54.6 Å². The molecule has 0 aliphatic rings. The van der Waals surface area contributed by atoms with Crippen LogP contribution in [0.4, 0.5) is 9.18 Å². The maximum absolute atomic E-state index is 13.8. The van der Waals surface area contributed by atoms with Crippen molar-refractivity contribution in [2.75, 3.05) is 0 Å². The second-order valence-corrected chi connectivity index (χ2v) is 4.88. The van der Waals surface area contributed by atoms with Gasteiger partial charge in [0.05, 0.1) is 12.5 Å². The highest BCUT2D eigenvalue weighted by atomic mass is 19.1. The minimum Gasteiger partial charge on any atom is -0.481 e. The van der Waals surface area contributed by atoms with Crippen LogP contribution in [0.3, 0.4) is 0 Å². The Kier molecular flexibility index (Phi) is 5.68. The number of alkyl carbamates (subject to hydrolysis) is 1. The molecule has 0 aliphatic heterocycles. The van der Waals surface area contributed by atoms with Crippen molar-refractivity contribution in [1.29, 1.82) is 0 Å². The zero-order valence-corrected chi connectivity index (χ0v) is 12.2. The van der Waals surface area contributed by atoms with Gasteiger partial charge in [0.2, 0.25) is 0 Å². The van der Waals surface area contributed by atoms with E-state index in [1.54, 1.807) is 18.2 Å². The standard InChI is InChI=1S/C17H16FNO4/c18-14-9-5-4-8-13(14)15(10-16(20)21)19-17(22)23-11-12-6-2-1-3-7-12/h1-9,15H,10-11H2,(H,19,22)(H,20,21)/t15-/m1/s1. The van der Waals surface area contributed by atoms with Crippen LogP contribution in [-0.4, -0.2) is 17.2 Å². The highest BCUT2D eigenvalue weighted by Crippen LogP contribution is 2.20. The number of carbonyl (C=O) groups is 2. The van der Waals surface area contributed by atoms with Crippen molar-refractivity contribution >= 4 is 12.1 Å².